The summed E-state index contributed by atoms with van der Waals surface area (Å²) < 4.78 is 6.13. The Morgan fingerprint density at radius 3 is 2.82 bits per heavy atom. The largest absolute Gasteiger partial charge is 0.377 e. The third-order valence-corrected chi connectivity index (χ3v) is 6.27. The van der Waals surface area contributed by atoms with E-state index in [1.807, 2.05) is 0 Å². The average Bonchev–Trinajstić information content (AvgIpc) is 2.98. The predicted molar refractivity (Wildman–Crippen MR) is 124 cm³/mol. The van der Waals surface area contributed by atoms with E-state index in [1.165, 1.54) is 6.42 Å². The second kappa shape index (κ2) is 9.96. The van der Waals surface area contributed by atoms with Gasteiger partial charge in [-0.25, -0.2) is 0 Å². The molecule has 3 aliphatic rings. The van der Waals surface area contributed by atoms with Gasteiger partial charge in [0, 0.05) is 57.1 Å². The lowest BCUT2D eigenvalue weighted by Gasteiger charge is -2.42. The lowest BCUT2D eigenvalue weighted by molar-refractivity contribution is -0.119. The molecule has 1 amide bonds. The Morgan fingerprint density at radius 2 is 2.18 bits per heavy atom. The number of ether oxygens (including phenoxy) is 1. The number of halogens is 1. The number of piperidine rings is 1. The minimum atomic E-state index is 0. The van der Waals surface area contributed by atoms with Crippen molar-refractivity contribution in [2.45, 2.75) is 65.9 Å². The first-order valence-corrected chi connectivity index (χ1v) is 10.7. The van der Waals surface area contributed by atoms with E-state index in [0.717, 1.165) is 64.6 Å². The number of rotatable bonds is 3. The van der Waals surface area contributed by atoms with E-state index >= 15 is 0 Å². The summed E-state index contributed by atoms with van der Waals surface area (Å²) in [6.07, 6.45) is 5.49. The van der Waals surface area contributed by atoms with Gasteiger partial charge in [-0.2, -0.15) is 0 Å². The minimum absolute atomic E-state index is 0. The van der Waals surface area contributed by atoms with Crippen LogP contribution in [0.15, 0.2) is 4.99 Å². The molecule has 3 heterocycles. The van der Waals surface area contributed by atoms with E-state index in [4.69, 9.17) is 9.73 Å². The summed E-state index contributed by atoms with van der Waals surface area (Å²) in [5, 5.41) is 6.53. The van der Waals surface area contributed by atoms with Crippen LogP contribution in [0.25, 0.3) is 0 Å². The number of nitrogens with one attached hydrogen (secondary N) is 2. The van der Waals surface area contributed by atoms with Gasteiger partial charge in [0.05, 0.1) is 6.10 Å². The Hall–Kier alpha value is -0.570. The van der Waals surface area contributed by atoms with Gasteiger partial charge in [0.15, 0.2) is 5.96 Å². The van der Waals surface area contributed by atoms with Crippen molar-refractivity contribution in [2.24, 2.45) is 21.7 Å². The molecule has 162 valence electrons. The number of nitrogens with zero attached hydrogens (tertiary/aromatic N) is 2. The van der Waals surface area contributed by atoms with Crippen molar-refractivity contribution in [3.05, 3.63) is 0 Å². The van der Waals surface area contributed by atoms with Gasteiger partial charge in [0.1, 0.15) is 0 Å². The highest BCUT2D eigenvalue weighted by Gasteiger charge is 2.42. The number of hydrogen-bond donors (Lipinski definition) is 2. The lowest BCUT2D eigenvalue weighted by Crippen LogP contribution is -2.51. The zero-order chi connectivity index (χ0) is 19.5. The van der Waals surface area contributed by atoms with E-state index in [2.05, 4.69) is 43.2 Å². The van der Waals surface area contributed by atoms with Crippen molar-refractivity contribution in [3.63, 3.8) is 0 Å². The second-order valence-corrected chi connectivity index (χ2v) is 9.73. The fourth-order valence-corrected chi connectivity index (χ4v) is 5.05. The molecular weight excluding hydrogens is 467 g/mol. The fraction of sp³-hybridized carbons (Fsp3) is 0.905. The number of likely N-dealkylation sites (tertiary alicyclic amines) is 1. The summed E-state index contributed by atoms with van der Waals surface area (Å²) in [6.45, 7) is 14.2. The van der Waals surface area contributed by atoms with E-state index in [9.17, 15) is 4.79 Å². The van der Waals surface area contributed by atoms with Gasteiger partial charge in [-0.3, -0.25) is 9.79 Å². The van der Waals surface area contributed by atoms with Crippen molar-refractivity contribution in [1.29, 1.82) is 0 Å². The Bertz CT molecular complexity index is 563. The molecule has 1 spiro atoms. The summed E-state index contributed by atoms with van der Waals surface area (Å²) >= 11 is 0. The Kier molecular flexibility index (Phi) is 8.43. The molecule has 3 aliphatic heterocycles. The minimum Gasteiger partial charge on any atom is -0.377 e. The molecule has 3 rings (SSSR count). The summed E-state index contributed by atoms with van der Waals surface area (Å²) in [5.41, 5.74) is 0.234. The van der Waals surface area contributed by atoms with Crippen molar-refractivity contribution >= 4 is 35.8 Å². The SMILES string of the molecule is CCNC(=NCC1CCCOC1C(C)(C)C)N1CCCC2(CNC(=O)C2)C1.I. The first-order chi connectivity index (χ1) is 12.8. The number of carbonyl (C=O) groups excluding carboxylic acids is 1. The molecular formula is C21H39IN4O2. The van der Waals surface area contributed by atoms with Crippen LogP contribution in [0.3, 0.4) is 0 Å². The molecule has 3 fully saturated rings. The van der Waals surface area contributed by atoms with Gasteiger partial charge >= 0.3 is 0 Å². The molecule has 0 aromatic heterocycles. The van der Waals surface area contributed by atoms with Crippen LogP contribution in [-0.4, -0.2) is 62.2 Å². The van der Waals surface area contributed by atoms with Gasteiger partial charge in [-0.05, 0) is 38.0 Å². The number of aliphatic imine (C=N–C) groups is 1. The van der Waals surface area contributed by atoms with Crippen LogP contribution in [0.4, 0.5) is 0 Å². The van der Waals surface area contributed by atoms with E-state index in [-0.39, 0.29) is 46.8 Å². The molecule has 0 radical (unpaired) electrons. The van der Waals surface area contributed by atoms with Gasteiger partial charge in [-0.15, -0.1) is 24.0 Å². The van der Waals surface area contributed by atoms with Gasteiger partial charge in [0.25, 0.3) is 0 Å². The molecule has 0 bridgehead atoms. The highest BCUT2D eigenvalue weighted by atomic mass is 127. The Balaban J connectivity index is 0.00000280. The van der Waals surface area contributed by atoms with Crippen molar-refractivity contribution in [2.75, 3.05) is 39.3 Å². The molecule has 28 heavy (non-hydrogen) atoms. The first-order valence-electron chi connectivity index (χ1n) is 10.7. The normalized spacial score (nSPS) is 31.5. The van der Waals surface area contributed by atoms with Crippen LogP contribution in [0.5, 0.6) is 0 Å². The quantitative estimate of drug-likeness (QED) is 0.351. The van der Waals surface area contributed by atoms with E-state index in [1.54, 1.807) is 0 Å². The van der Waals surface area contributed by atoms with Crippen molar-refractivity contribution < 1.29 is 9.53 Å². The predicted octanol–water partition coefficient (Wildman–Crippen LogP) is 3.01. The maximum absolute atomic E-state index is 11.8. The Morgan fingerprint density at radius 1 is 1.39 bits per heavy atom. The molecule has 2 N–H and O–H groups in total. The molecule has 3 saturated heterocycles. The number of amides is 1. The highest BCUT2D eigenvalue weighted by Crippen LogP contribution is 2.37. The average molecular weight is 506 g/mol. The van der Waals surface area contributed by atoms with Crippen molar-refractivity contribution in [1.82, 2.24) is 15.5 Å². The summed E-state index contributed by atoms with van der Waals surface area (Å²) in [5.74, 6) is 1.68. The summed E-state index contributed by atoms with van der Waals surface area (Å²) in [6, 6.07) is 0. The number of hydrogen-bond acceptors (Lipinski definition) is 3. The summed E-state index contributed by atoms with van der Waals surface area (Å²) in [7, 11) is 0. The third kappa shape index (κ3) is 5.74. The van der Waals surface area contributed by atoms with Crippen LogP contribution in [0, 0.1) is 16.7 Å². The molecule has 7 heteroatoms. The van der Waals surface area contributed by atoms with Gasteiger partial charge in [0.2, 0.25) is 5.91 Å². The number of carbonyl (C=O) groups is 1. The Labute approximate surface area is 187 Å². The topological polar surface area (TPSA) is 66.0 Å². The zero-order valence-electron chi connectivity index (χ0n) is 18.1. The van der Waals surface area contributed by atoms with Crippen LogP contribution in [-0.2, 0) is 9.53 Å². The van der Waals surface area contributed by atoms with Gasteiger partial charge in [-0.1, -0.05) is 20.8 Å². The zero-order valence-corrected chi connectivity index (χ0v) is 20.4. The molecule has 0 aliphatic carbocycles. The van der Waals surface area contributed by atoms with E-state index in [0.29, 0.717) is 12.3 Å². The monoisotopic (exact) mass is 506 g/mol. The first kappa shape index (κ1) is 23.7. The van der Waals surface area contributed by atoms with E-state index < -0.39 is 0 Å². The van der Waals surface area contributed by atoms with Gasteiger partial charge < -0.3 is 20.3 Å². The fourth-order valence-electron chi connectivity index (χ4n) is 5.05. The van der Waals surface area contributed by atoms with Crippen LogP contribution < -0.4 is 10.6 Å². The molecule has 0 aromatic rings. The summed E-state index contributed by atoms with van der Waals surface area (Å²) in [4.78, 5) is 19.2. The molecule has 3 atom stereocenters. The highest BCUT2D eigenvalue weighted by molar-refractivity contribution is 14.0. The third-order valence-electron chi connectivity index (χ3n) is 6.27. The van der Waals surface area contributed by atoms with Crippen molar-refractivity contribution in [3.8, 4) is 0 Å². The maximum atomic E-state index is 11.8. The standard InChI is InChI=1S/C21H38N4O2.HI/c1-5-22-19(23-13-16-8-6-11-27-18(16)20(2,3)4)25-10-7-9-21(15-25)12-17(26)24-14-21;/h16,18H,5-15H2,1-4H3,(H,22,23)(H,24,26);1H. The molecule has 0 aromatic carbocycles. The maximum Gasteiger partial charge on any atom is 0.220 e. The number of guanidine groups is 1. The van der Waals surface area contributed by atoms with Crippen LogP contribution in [0.1, 0.15) is 59.8 Å². The molecule has 0 saturated carbocycles. The van der Waals surface area contributed by atoms with Crippen LogP contribution >= 0.6 is 24.0 Å². The lowest BCUT2D eigenvalue weighted by atomic mass is 9.78. The van der Waals surface area contributed by atoms with Crippen LogP contribution in [0.2, 0.25) is 0 Å². The second-order valence-electron chi connectivity index (χ2n) is 9.73. The molecule has 6 nitrogen and oxygen atoms in total. The smallest absolute Gasteiger partial charge is 0.220 e. The molecule has 3 unspecified atom stereocenters.